The SMILES string of the molecule is CB(C)N(C(C)(C)C)P(C)(=O)N(B(C)C)C(C)(C)C. The van der Waals surface area contributed by atoms with E-state index in [0.29, 0.717) is 0 Å². The van der Waals surface area contributed by atoms with Crippen LogP contribution in [0.1, 0.15) is 41.5 Å². The van der Waals surface area contributed by atoms with Crippen LogP contribution in [-0.4, -0.2) is 40.6 Å². The number of hydrogen-bond donors (Lipinski definition) is 0. The normalized spacial score (nSPS) is 14.2. The third-order valence-corrected chi connectivity index (χ3v) is 6.88. The van der Waals surface area contributed by atoms with Gasteiger partial charge < -0.3 is 0 Å². The standard InChI is InChI=1S/C13H33B2N2OP/c1-12(2,3)16(14(7)8)19(11,18)17(15(9)10)13(4,5)6/h1-11H3. The molecule has 0 spiro atoms. The largest absolute Gasteiger partial charge is 0.291 e. The molecule has 0 N–H and O–H groups in total. The first-order valence-electron chi connectivity index (χ1n) is 7.30. The second-order valence-corrected chi connectivity index (χ2v) is 10.6. The van der Waals surface area contributed by atoms with E-state index in [1.54, 1.807) is 0 Å². The molecule has 0 aliphatic rings. The van der Waals surface area contributed by atoms with E-state index in [2.05, 4.69) is 78.0 Å². The first kappa shape index (κ1) is 19.3. The maximum Gasteiger partial charge on any atom is 0.226 e. The summed E-state index contributed by atoms with van der Waals surface area (Å²) in [5, 5.41) is 0. The van der Waals surface area contributed by atoms with Gasteiger partial charge in [0.05, 0.1) is 0 Å². The van der Waals surface area contributed by atoms with Crippen LogP contribution in [0, 0.1) is 0 Å². The van der Waals surface area contributed by atoms with Gasteiger partial charge in [-0.2, -0.15) is 0 Å². The lowest BCUT2D eigenvalue weighted by Crippen LogP contribution is -2.55. The van der Waals surface area contributed by atoms with Gasteiger partial charge in [-0.3, -0.25) is 13.7 Å². The molecule has 0 aliphatic heterocycles. The summed E-state index contributed by atoms with van der Waals surface area (Å²) in [6, 6.07) is 0. The molecule has 112 valence electrons. The maximum absolute atomic E-state index is 13.6. The van der Waals surface area contributed by atoms with E-state index in [1.807, 2.05) is 6.66 Å². The zero-order valence-corrected chi connectivity index (χ0v) is 15.8. The molecule has 0 radical (unpaired) electrons. The van der Waals surface area contributed by atoms with Crippen LogP contribution in [0.15, 0.2) is 0 Å². The third-order valence-electron chi connectivity index (χ3n) is 3.15. The Balaban J connectivity index is 5.84. The predicted octanol–water partition coefficient (Wildman–Crippen LogP) is 4.51. The Morgan fingerprint density at radius 1 is 0.737 bits per heavy atom. The first-order chi connectivity index (χ1) is 8.13. The topological polar surface area (TPSA) is 23.6 Å². The second-order valence-electron chi connectivity index (χ2n) is 8.05. The molecule has 0 bridgehead atoms. The molecule has 0 unspecified atom stereocenters. The van der Waals surface area contributed by atoms with Crippen molar-refractivity contribution in [3.63, 3.8) is 0 Å². The van der Waals surface area contributed by atoms with Crippen molar-refractivity contribution >= 4 is 21.1 Å². The van der Waals surface area contributed by atoms with Gasteiger partial charge in [-0.1, -0.05) is 27.3 Å². The van der Waals surface area contributed by atoms with Gasteiger partial charge >= 0.3 is 0 Å². The third kappa shape index (κ3) is 4.65. The molecule has 0 saturated carbocycles. The fourth-order valence-corrected chi connectivity index (χ4v) is 7.77. The summed E-state index contributed by atoms with van der Waals surface area (Å²) < 4.78 is 18.0. The fraction of sp³-hybridized carbons (Fsp3) is 1.00. The highest BCUT2D eigenvalue weighted by Gasteiger charge is 2.46. The Bertz CT molecular complexity index is 316. The molecule has 19 heavy (non-hydrogen) atoms. The van der Waals surface area contributed by atoms with Crippen molar-refractivity contribution in [2.75, 3.05) is 6.66 Å². The van der Waals surface area contributed by atoms with Crippen LogP contribution < -0.4 is 0 Å². The van der Waals surface area contributed by atoms with Gasteiger partial charge in [-0.05, 0) is 41.5 Å². The zero-order chi connectivity index (χ0) is 15.8. The van der Waals surface area contributed by atoms with E-state index in [0.717, 1.165) is 0 Å². The minimum Gasteiger partial charge on any atom is -0.291 e. The van der Waals surface area contributed by atoms with Crippen LogP contribution in [0.25, 0.3) is 0 Å². The van der Waals surface area contributed by atoms with E-state index in [4.69, 9.17) is 0 Å². The van der Waals surface area contributed by atoms with Crippen LogP contribution in [0.4, 0.5) is 0 Å². The van der Waals surface area contributed by atoms with Crippen LogP contribution in [-0.2, 0) is 4.57 Å². The molecule has 0 saturated heterocycles. The number of hydrogen-bond acceptors (Lipinski definition) is 1. The predicted molar refractivity (Wildman–Crippen MR) is 91.7 cm³/mol. The van der Waals surface area contributed by atoms with Gasteiger partial charge in [-0.25, -0.2) is 0 Å². The van der Waals surface area contributed by atoms with E-state index >= 15 is 0 Å². The lowest BCUT2D eigenvalue weighted by Gasteiger charge is -2.51. The summed E-state index contributed by atoms with van der Waals surface area (Å²) in [5.41, 5.74) is -0.229. The molecule has 0 aromatic rings. The highest BCUT2D eigenvalue weighted by atomic mass is 31.2. The molecular formula is C13H33B2N2OP. The summed E-state index contributed by atoms with van der Waals surface area (Å²) in [4.78, 5) is 0. The van der Waals surface area contributed by atoms with E-state index in [9.17, 15) is 4.57 Å². The molecule has 0 aromatic carbocycles. The van der Waals surface area contributed by atoms with Crippen LogP contribution in [0.2, 0.25) is 27.3 Å². The van der Waals surface area contributed by atoms with Crippen molar-refractivity contribution < 1.29 is 4.57 Å². The number of rotatable bonds is 4. The Morgan fingerprint density at radius 2 is 0.947 bits per heavy atom. The molecule has 0 aromatic heterocycles. The first-order valence-corrected chi connectivity index (χ1v) is 9.36. The van der Waals surface area contributed by atoms with Gasteiger partial charge in [-0.15, -0.1) is 0 Å². The van der Waals surface area contributed by atoms with Gasteiger partial charge in [0, 0.05) is 17.7 Å². The van der Waals surface area contributed by atoms with Crippen molar-refractivity contribution in [3.05, 3.63) is 0 Å². The van der Waals surface area contributed by atoms with Crippen LogP contribution >= 0.6 is 7.44 Å². The quantitative estimate of drug-likeness (QED) is 0.561. The van der Waals surface area contributed by atoms with Crippen molar-refractivity contribution in [3.8, 4) is 0 Å². The van der Waals surface area contributed by atoms with Crippen molar-refractivity contribution in [1.82, 2.24) is 9.16 Å². The van der Waals surface area contributed by atoms with Crippen molar-refractivity contribution in [2.24, 2.45) is 0 Å². The average molecular weight is 286 g/mol. The summed E-state index contributed by atoms with van der Waals surface area (Å²) in [5.74, 6) is 0. The smallest absolute Gasteiger partial charge is 0.226 e. The van der Waals surface area contributed by atoms with E-state index in [1.165, 1.54) is 0 Å². The summed E-state index contributed by atoms with van der Waals surface area (Å²) in [7, 11) is -2.60. The Labute approximate surface area is 122 Å². The van der Waals surface area contributed by atoms with Gasteiger partial charge in [0.25, 0.3) is 0 Å². The van der Waals surface area contributed by atoms with Gasteiger partial charge in [0.1, 0.15) is 0 Å². The highest BCUT2D eigenvalue weighted by Crippen LogP contribution is 2.57. The Kier molecular flexibility index (Phi) is 6.04. The lowest BCUT2D eigenvalue weighted by atomic mass is 9.66. The zero-order valence-electron chi connectivity index (χ0n) is 14.9. The molecule has 3 nitrogen and oxygen atoms in total. The fourth-order valence-electron chi connectivity index (χ4n) is 3.62. The average Bonchev–Trinajstić information content (AvgIpc) is 1.90. The van der Waals surface area contributed by atoms with Gasteiger partial charge in [0.15, 0.2) is 7.44 Å². The molecule has 0 heterocycles. The maximum atomic E-state index is 13.6. The molecule has 0 atom stereocenters. The monoisotopic (exact) mass is 286 g/mol. The Hall–Kier alpha value is 0.280. The Morgan fingerprint density at radius 3 is 1.05 bits per heavy atom. The van der Waals surface area contributed by atoms with E-state index in [-0.39, 0.29) is 24.8 Å². The molecule has 0 rings (SSSR count). The molecule has 0 fully saturated rings. The summed E-state index contributed by atoms with van der Waals surface area (Å²) >= 11 is 0. The van der Waals surface area contributed by atoms with Gasteiger partial charge in [0.2, 0.25) is 13.7 Å². The highest BCUT2D eigenvalue weighted by molar-refractivity contribution is 7.61. The van der Waals surface area contributed by atoms with Crippen LogP contribution in [0.3, 0.4) is 0 Å². The summed E-state index contributed by atoms with van der Waals surface area (Å²) in [6.07, 6.45) is 0. The van der Waals surface area contributed by atoms with Crippen molar-refractivity contribution in [1.29, 1.82) is 0 Å². The minimum atomic E-state index is -2.60. The second kappa shape index (κ2) is 5.95. The molecule has 0 amide bonds. The van der Waals surface area contributed by atoms with Crippen molar-refractivity contribution in [2.45, 2.75) is 79.9 Å². The summed E-state index contributed by atoms with van der Waals surface area (Å²) in [6.45, 7) is 23.8. The molecule has 0 aliphatic carbocycles. The van der Waals surface area contributed by atoms with E-state index < -0.39 is 7.44 Å². The minimum absolute atomic E-state index is 0.114. The number of nitrogens with zero attached hydrogens (tertiary/aromatic N) is 2. The van der Waals surface area contributed by atoms with Crippen LogP contribution in [0.5, 0.6) is 0 Å². The molecular weight excluding hydrogens is 253 g/mol. The lowest BCUT2D eigenvalue weighted by molar-refractivity contribution is 0.296. The molecule has 6 heteroatoms.